The van der Waals surface area contributed by atoms with Crippen LogP contribution in [0.25, 0.3) is 0 Å². The first-order valence-corrected chi connectivity index (χ1v) is 15.7. The monoisotopic (exact) mass is 626 g/mol. The number of carbonyl (C=O) groups excluding carboxylic acids is 3. The molecule has 2 aromatic rings. The van der Waals surface area contributed by atoms with E-state index in [1.165, 1.54) is 24.3 Å². The van der Waals surface area contributed by atoms with E-state index in [1.54, 1.807) is 36.4 Å². The number of ketones is 2. The predicted octanol–water partition coefficient (Wildman–Crippen LogP) is 5.46. The first kappa shape index (κ1) is 31.7. The van der Waals surface area contributed by atoms with Gasteiger partial charge in [-0.15, -0.1) is 0 Å². The van der Waals surface area contributed by atoms with E-state index in [4.69, 9.17) is 9.84 Å². The number of fused-ring (bicyclic) bond motifs is 5. The normalized spacial score (nSPS) is 33.1. The van der Waals surface area contributed by atoms with Gasteiger partial charge in [-0.25, -0.2) is 4.79 Å². The van der Waals surface area contributed by atoms with Crippen molar-refractivity contribution in [1.29, 1.82) is 0 Å². The summed E-state index contributed by atoms with van der Waals surface area (Å²) in [6.07, 6.45) is 6.84. The van der Waals surface area contributed by atoms with E-state index in [9.17, 15) is 29.4 Å². The van der Waals surface area contributed by atoms with Gasteiger partial charge in [0.05, 0.1) is 29.5 Å². The van der Waals surface area contributed by atoms with Crippen molar-refractivity contribution in [2.24, 2.45) is 38.8 Å². The van der Waals surface area contributed by atoms with Gasteiger partial charge in [0.1, 0.15) is 5.60 Å². The molecule has 0 radical (unpaired) electrons. The van der Waals surface area contributed by atoms with Crippen LogP contribution in [0.5, 0.6) is 0 Å². The Balaban J connectivity index is 1.11. The van der Waals surface area contributed by atoms with Gasteiger partial charge < -0.3 is 20.1 Å². The molecule has 3 saturated carbocycles. The minimum Gasteiger partial charge on any atom is -0.478 e. The van der Waals surface area contributed by atoms with Gasteiger partial charge in [0, 0.05) is 16.7 Å². The molecule has 0 bridgehead atoms. The van der Waals surface area contributed by atoms with E-state index >= 15 is 0 Å². The highest BCUT2D eigenvalue weighted by Crippen LogP contribution is 2.67. The van der Waals surface area contributed by atoms with E-state index in [0.717, 1.165) is 18.4 Å². The SMILES string of the molecule is CC12C=CC(=O)C=C1CCC1C2C(O)CC2(C)C1CCC2(O)C(=O)COC(=O)Cc1ccccc1/N=N/c1ccc(C(=O)O)cc1. The molecule has 0 amide bonds. The van der Waals surface area contributed by atoms with Crippen molar-refractivity contribution >= 4 is 34.9 Å². The Morgan fingerprint density at radius 1 is 1.02 bits per heavy atom. The smallest absolute Gasteiger partial charge is 0.335 e. The van der Waals surface area contributed by atoms with Gasteiger partial charge in [-0.1, -0.05) is 43.7 Å². The lowest BCUT2D eigenvalue weighted by Gasteiger charge is -2.59. The van der Waals surface area contributed by atoms with Gasteiger partial charge >= 0.3 is 11.9 Å². The maximum atomic E-state index is 13.6. The highest BCUT2D eigenvalue weighted by molar-refractivity contribution is 6.01. The standard InChI is InChI=1S/C36H38N2O8/c1-34-15-13-25(39)18-23(34)9-12-26-27-14-16-36(45,35(27,2)19-29(40)32(26)34)30(41)20-46-31(42)17-22-5-3-4-6-28(22)38-37-24-10-7-21(8-11-24)33(43)44/h3-8,10-11,13,15,18,26-27,29,32,40,45H,9,12,14,16-17,19-20H2,1-2H3,(H,43,44)/b38-37+. The number of carboxylic acid groups (broad SMARTS) is 1. The van der Waals surface area contributed by atoms with E-state index < -0.39 is 46.9 Å². The molecular formula is C36H38N2O8. The molecular weight excluding hydrogens is 588 g/mol. The molecule has 46 heavy (non-hydrogen) atoms. The van der Waals surface area contributed by atoms with Crippen molar-refractivity contribution in [1.82, 2.24) is 0 Å². The third kappa shape index (κ3) is 5.33. The van der Waals surface area contributed by atoms with E-state index in [1.807, 2.05) is 13.0 Å². The minimum atomic E-state index is -1.75. The molecule has 0 heterocycles. The van der Waals surface area contributed by atoms with Crippen LogP contribution in [0.1, 0.15) is 61.9 Å². The molecule has 10 nitrogen and oxygen atoms in total. The number of aromatic carboxylic acids is 1. The fraction of sp³-hybridized carbons (Fsp3) is 0.444. The van der Waals surface area contributed by atoms with Gasteiger partial charge in [-0.05, 0) is 92.0 Å². The van der Waals surface area contributed by atoms with Crippen molar-refractivity contribution < 1.29 is 39.2 Å². The summed E-state index contributed by atoms with van der Waals surface area (Å²) in [6, 6.07) is 12.7. The lowest BCUT2D eigenvalue weighted by molar-refractivity contribution is -0.181. The van der Waals surface area contributed by atoms with Gasteiger partial charge in [0.15, 0.2) is 12.4 Å². The Hall–Kier alpha value is -4.28. The Kier molecular flexibility index (Phi) is 8.14. The summed E-state index contributed by atoms with van der Waals surface area (Å²) >= 11 is 0. The maximum Gasteiger partial charge on any atom is 0.335 e. The summed E-state index contributed by atoms with van der Waals surface area (Å²) in [5.74, 6) is -2.37. The number of hydrogen-bond donors (Lipinski definition) is 3. The van der Waals surface area contributed by atoms with Crippen LogP contribution in [0.15, 0.2) is 82.6 Å². The highest BCUT2D eigenvalue weighted by Gasteiger charge is 2.68. The Morgan fingerprint density at radius 3 is 2.50 bits per heavy atom. The van der Waals surface area contributed by atoms with Gasteiger partial charge in [-0.3, -0.25) is 14.4 Å². The van der Waals surface area contributed by atoms with Crippen LogP contribution in [-0.4, -0.2) is 57.1 Å². The van der Waals surface area contributed by atoms with Crippen molar-refractivity contribution in [3.63, 3.8) is 0 Å². The van der Waals surface area contributed by atoms with Gasteiger partial charge in [0.2, 0.25) is 5.78 Å². The topological polar surface area (TPSA) is 163 Å². The zero-order valence-corrected chi connectivity index (χ0v) is 25.9. The molecule has 7 atom stereocenters. The first-order valence-electron chi connectivity index (χ1n) is 15.7. The Morgan fingerprint density at radius 2 is 1.76 bits per heavy atom. The average Bonchev–Trinajstić information content (AvgIpc) is 3.30. The number of rotatable bonds is 8. The number of benzene rings is 2. The number of esters is 1. The third-order valence-electron chi connectivity index (χ3n) is 11.2. The zero-order valence-electron chi connectivity index (χ0n) is 25.9. The number of aliphatic hydroxyl groups is 2. The summed E-state index contributed by atoms with van der Waals surface area (Å²) in [7, 11) is 0. The Labute approximate surface area is 266 Å². The molecule has 3 N–H and O–H groups in total. The number of nitrogens with zero attached hydrogens (tertiary/aromatic N) is 2. The van der Waals surface area contributed by atoms with Crippen LogP contribution >= 0.6 is 0 Å². The van der Waals surface area contributed by atoms with Crippen molar-refractivity contribution in [2.45, 2.75) is 64.1 Å². The van der Waals surface area contributed by atoms with E-state index in [0.29, 0.717) is 23.4 Å². The zero-order chi connectivity index (χ0) is 32.9. The minimum absolute atomic E-state index is 0.00692. The number of allylic oxidation sites excluding steroid dienone is 4. The molecule has 0 aromatic heterocycles. The molecule has 0 aliphatic heterocycles. The van der Waals surface area contributed by atoms with Crippen LogP contribution in [0.3, 0.4) is 0 Å². The van der Waals surface area contributed by atoms with Crippen LogP contribution < -0.4 is 0 Å². The molecule has 6 rings (SSSR count). The van der Waals surface area contributed by atoms with E-state index in [2.05, 4.69) is 17.2 Å². The van der Waals surface area contributed by atoms with Crippen molar-refractivity contribution in [3.8, 4) is 0 Å². The molecule has 10 heteroatoms. The number of carbonyl (C=O) groups is 4. The molecule has 0 spiro atoms. The summed E-state index contributed by atoms with van der Waals surface area (Å²) in [4.78, 5) is 49.7. The number of azo groups is 1. The summed E-state index contributed by atoms with van der Waals surface area (Å²) in [5, 5.41) is 40.9. The number of aliphatic hydroxyl groups excluding tert-OH is 1. The molecule has 0 saturated heterocycles. The molecule has 240 valence electrons. The third-order valence-corrected chi connectivity index (χ3v) is 11.2. The average molecular weight is 627 g/mol. The first-order chi connectivity index (χ1) is 21.9. The van der Waals surface area contributed by atoms with Crippen LogP contribution in [0.4, 0.5) is 11.4 Å². The number of ether oxygens (including phenoxy) is 1. The maximum absolute atomic E-state index is 13.6. The molecule has 4 aliphatic carbocycles. The number of hydrogen-bond acceptors (Lipinski definition) is 9. The highest BCUT2D eigenvalue weighted by atomic mass is 16.5. The van der Waals surface area contributed by atoms with Gasteiger partial charge in [-0.2, -0.15) is 10.2 Å². The number of carboxylic acids is 1. The molecule has 4 aliphatic rings. The summed E-state index contributed by atoms with van der Waals surface area (Å²) in [6.45, 7) is 3.37. The number of Topliss-reactive ketones (excluding diaryl/α,β-unsaturated/α-hetero) is 1. The quantitative estimate of drug-likeness (QED) is 0.257. The van der Waals surface area contributed by atoms with Gasteiger partial charge in [0.25, 0.3) is 0 Å². The molecule has 2 aromatic carbocycles. The lowest BCUT2D eigenvalue weighted by atomic mass is 9.46. The summed E-state index contributed by atoms with van der Waals surface area (Å²) < 4.78 is 5.41. The summed E-state index contributed by atoms with van der Waals surface area (Å²) in [5.41, 5.74) is -0.539. The van der Waals surface area contributed by atoms with Crippen molar-refractivity contribution in [2.75, 3.05) is 6.61 Å². The second kappa shape index (κ2) is 11.8. The molecule has 7 unspecified atom stereocenters. The molecule has 3 fully saturated rings. The second-order valence-corrected chi connectivity index (χ2v) is 13.6. The fourth-order valence-electron chi connectivity index (χ4n) is 8.80. The van der Waals surface area contributed by atoms with Crippen molar-refractivity contribution in [3.05, 3.63) is 83.5 Å². The second-order valence-electron chi connectivity index (χ2n) is 13.6. The van der Waals surface area contributed by atoms with Crippen LogP contribution in [0, 0.1) is 28.6 Å². The van der Waals surface area contributed by atoms with Crippen LogP contribution in [-0.2, 0) is 25.5 Å². The fourth-order valence-corrected chi connectivity index (χ4v) is 8.80. The largest absolute Gasteiger partial charge is 0.478 e. The Bertz CT molecular complexity index is 1680. The lowest BCUT2D eigenvalue weighted by Crippen LogP contribution is -2.61. The van der Waals surface area contributed by atoms with E-state index in [-0.39, 0.29) is 48.4 Å². The van der Waals surface area contributed by atoms with Crippen LogP contribution in [0.2, 0.25) is 0 Å². The predicted molar refractivity (Wildman–Crippen MR) is 167 cm³/mol.